The van der Waals surface area contributed by atoms with Gasteiger partial charge in [0.2, 0.25) is 5.91 Å². The lowest BCUT2D eigenvalue weighted by Crippen LogP contribution is -2.33. The number of rotatable bonds is 2. The minimum atomic E-state index is -0.309. The Bertz CT molecular complexity index is 317. The van der Waals surface area contributed by atoms with Crippen LogP contribution in [0.1, 0.15) is 6.42 Å². The van der Waals surface area contributed by atoms with Crippen LogP contribution >= 0.6 is 0 Å². The third-order valence-electron chi connectivity index (χ3n) is 2.06. The molecule has 13 heavy (non-hydrogen) atoms. The van der Waals surface area contributed by atoms with Gasteiger partial charge in [-0.1, -0.05) is 6.08 Å². The first-order valence-electron chi connectivity index (χ1n) is 4.14. The Morgan fingerprint density at radius 1 is 1.62 bits per heavy atom. The molecule has 1 amide bonds. The van der Waals surface area contributed by atoms with Crippen LogP contribution < -0.4 is 11.1 Å². The Balaban J connectivity index is 2.11. The van der Waals surface area contributed by atoms with Crippen molar-refractivity contribution >= 4 is 5.91 Å². The van der Waals surface area contributed by atoms with Gasteiger partial charge >= 0.3 is 0 Å². The molecule has 4 heteroatoms. The molecule has 2 aliphatic heterocycles. The van der Waals surface area contributed by atoms with Crippen LogP contribution in [0.15, 0.2) is 36.3 Å². The average molecular weight is 177 g/mol. The van der Waals surface area contributed by atoms with E-state index in [0.717, 1.165) is 5.70 Å². The van der Waals surface area contributed by atoms with Gasteiger partial charge in [-0.2, -0.15) is 0 Å². The highest BCUT2D eigenvalue weighted by Crippen LogP contribution is 2.20. The van der Waals surface area contributed by atoms with Gasteiger partial charge in [0.05, 0.1) is 6.42 Å². The second-order valence-electron chi connectivity index (χ2n) is 3.02. The van der Waals surface area contributed by atoms with E-state index in [0.29, 0.717) is 0 Å². The Morgan fingerprint density at radius 3 is 3.23 bits per heavy atom. The first-order chi connectivity index (χ1) is 6.27. The van der Waals surface area contributed by atoms with Gasteiger partial charge in [-0.25, -0.2) is 0 Å². The number of nitrogens with zero attached hydrogens (tertiary/aromatic N) is 1. The highest BCUT2D eigenvalue weighted by atomic mass is 16.1. The standard InChI is InChI=1S/C9H11N3O/c10-8(13)5-7-6-11-9-3-1-2-4-12(7)9/h1-4,6,9,11H,5H2,(H2,10,13). The molecule has 0 spiro atoms. The number of nitrogens with two attached hydrogens (primary N) is 1. The molecule has 68 valence electrons. The summed E-state index contributed by atoms with van der Waals surface area (Å²) in [6.07, 6.45) is 10.1. The third kappa shape index (κ3) is 1.42. The normalized spacial score (nSPS) is 23.8. The highest BCUT2D eigenvalue weighted by Gasteiger charge is 2.23. The Labute approximate surface area is 76.4 Å². The lowest BCUT2D eigenvalue weighted by atomic mass is 10.2. The SMILES string of the molecule is NC(=O)CC1=CNC2C=CC=CN12. The molecule has 0 aromatic heterocycles. The smallest absolute Gasteiger partial charge is 0.223 e. The van der Waals surface area contributed by atoms with Crippen molar-refractivity contribution in [2.45, 2.75) is 12.6 Å². The van der Waals surface area contributed by atoms with Gasteiger partial charge in [0.15, 0.2) is 0 Å². The molecule has 0 radical (unpaired) electrons. The monoisotopic (exact) mass is 177 g/mol. The van der Waals surface area contributed by atoms with Gasteiger partial charge < -0.3 is 16.0 Å². The predicted molar refractivity (Wildman–Crippen MR) is 48.9 cm³/mol. The molecular weight excluding hydrogens is 166 g/mol. The molecule has 0 aromatic carbocycles. The topological polar surface area (TPSA) is 58.4 Å². The summed E-state index contributed by atoms with van der Waals surface area (Å²) < 4.78 is 0. The molecule has 1 atom stereocenters. The average Bonchev–Trinajstić information content (AvgIpc) is 2.48. The zero-order chi connectivity index (χ0) is 9.26. The molecule has 2 rings (SSSR count). The summed E-state index contributed by atoms with van der Waals surface area (Å²) in [4.78, 5) is 12.7. The fourth-order valence-corrected chi connectivity index (χ4v) is 1.48. The van der Waals surface area contributed by atoms with E-state index >= 15 is 0 Å². The predicted octanol–water partition coefficient (Wildman–Crippen LogP) is 0.0180. The molecule has 0 saturated heterocycles. The van der Waals surface area contributed by atoms with E-state index in [1.54, 1.807) is 0 Å². The molecular formula is C9H11N3O. The number of hydrogen-bond acceptors (Lipinski definition) is 3. The summed E-state index contributed by atoms with van der Waals surface area (Å²) in [7, 11) is 0. The molecule has 0 saturated carbocycles. The molecule has 3 N–H and O–H groups in total. The van der Waals surface area contributed by atoms with E-state index in [4.69, 9.17) is 5.73 Å². The van der Waals surface area contributed by atoms with E-state index < -0.39 is 0 Å². The molecule has 2 heterocycles. The number of allylic oxidation sites excluding steroid dienone is 2. The van der Waals surface area contributed by atoms with Crippen LogP contribution in [-0.2, 0) is 4.79 Å². The third-order valence-corrected chi connectivity index (χ3v) is 2.06. The van der Waals surface area contributed by atoms with E-state index in [1.807, 2.05) is 35.5 Å². The first kappa shape index (κ1) is 7.91. The second-order valence-corrected chi connectivity index (χ2v) is 3.02. The van der Waals surface area contributed by atoms with Crippen LogP contribution in [0.5, 0.6) is 0 Å². The zero-order valence-corrected chi connectivity index (χ0v) is 7.10. The van der Waals surface area contributed by atoms with Crippen molar-refractivity contribution in [2.24, 2.45) is 5.73 Å². The van der Waals surface area contributed by atoms with Gasteiger partial charge in [0, 0.05) is 18.1 Å². The summed E-state index contributed by atoms with van der Waals surface area (Å²) in [5, 5.41) is 3.13. The van der Waals surface area contributed by atoms with E-state index in [9.17, 15) is 4.79 Å². The molecule has 4 nitrogen and oxygen atoms in total. The number of carbonyl (C=O) groups excluding carboxylic acids is 1. The van der Waals surface area contributed by atoms with Crippen molar-refractivity contribution < 1.29 is 4.79 Å². The number of nitrogens with one attached hydrogen (secondary N) is 1. The lowest BCUT2D eigenvalue weighted by Gasteiger charge is -2.24. The van der Waals surface area contributed by atoms with E-state index in [2.05, 4.69) is 5.32 Å². The number of primary amides is 1. The quantitative estimate of drug-likeness (QED) is 0.625. The highest BCUT2D eigenvalue weighted by molar-refractivity contribution is 5.76. The van der Waals surface area contributed by atoms with E-state index in [1.165, 1.54) is 0 Å². The van der Waals surface area contributed by atoms with Crippen LogP contribution in [0.25, 0.3) is 0 Å². The van der Waals surface area contributed by atoms with Crippen molar-refractivity contribution in [2.75, 3.05) is 0 Å². The number of carbonyl (C=O) groups is 1. The van der Waals surface area contributed by atoms with Gasteiger partial charge in [0.25, 0.3) is 0 Å². The number of hydrogen-bond donors (Lipinski definition) is 2. The second kappa shape index (κ2) is 2.97. The van der Waals surface area contributed by atoms with Gasteiger partial charge in [-0.3, -0.25) is 4.79 Å². The van der Waals surface area contributed by atoms with Crippen molar-refractivity contribution in [1.82, 2.24) is 10.2 Å². The van der Waals surface area contributed by atoms with Crippen molar-refractivity contribution in [3.8, 4) is 0 Å². The maximum atomic E-state index is 10.7. The van der Waals surface area contributed by atoms with Crippen molar-refractivity contribution in [1.29, 1.82) is 0 Å². The lowest BCUT2D eigenvalue weighted by molar-refractivity contribution is -0.117. The number of fused-ring (bicyclic) bond motifs is 1. The maximum Gasteiger partial charge on any atom is 0.223 e. The summed E-state index contributed by atoms with van der Waals surface area (Å²) >= 11 is 0. The van der Waals surface area contributed by atoms with E-state index in [-0.39, 0.29) is 18.5 Å². The summed E-state index contributed by atoms with van der Waals surface area (Å²) in [6.45, 7) is 0. The number of amides is 1. The van der Waals surface area contributed by atoms with Crippen LogP contribution in [0.4, 0.5) is 0 Å². The fourth-order valence-electron chi connectivity index (χ4n) is 1.48. The molecule has 0 fully saturated rings. The van der Waals surface area contributed by atoms with Crippen molar-refractivity contribution in [3.05, 3.63) is 36.3 Å². The summed E-state index contributed by atoms with van der Waals surface area (Å²) in [5.74, 6) is -0.309. The van der Waals surface area contributed by atoms with Crippen LogP contribution in [0, 0.1) is 0 Å². The van der Waals surface area contributed by atoms with Crippen LogP contribution in [-0.4, -0.2) is 17.0 Å². The van der Waals surface area contributed by atoms with Gasteiger partial charge in [-0.05, 0) is 12.2 Å². The summed E-state index contributed by atoms with van der Waals surface area (Å²) in [5.41, 5.74) is 6.03. The minimum absolute atomic E-state index is 0.152. The zero-order valence-electron chi connectivity index (χ0n) is 7.10. The Kier molecular flexibility index (Phi) is 1.81. The van der Waals surface area contributed by atoms with Crippen molar-refractivity contribution in [3.63, 3.8) is 0 Å². The molecule has 0 aliphatic carbocycles. The Morgan fingerprint density at radius 2 is 2.46 bits per heavy atom. The van der Waals surface area contributed by atoms with Crippen LogP contribution in [0.2, 0.25) is 0 Å². The minimum Gasteiger partial charge on any atom is -0.369 e. The molecule has 0 aromatic rings. The summed E-state index contributed by atoms with van der Waals surface area (Å²) in [6, 6.07) is 0. The molecule has 0 bridgehead atoms. The van der Waals surface area contributed by atoms with Crippen LogP contribution in [0.3, 0.4) is 0 Å². The maximum absolute atomic E-state index is 10.7. The molecule has 2 aliphatic rings. The van der Waals surface area contributed by atoms with Gasteiger partial charge in [0.1, 0.15) is 6.17 Å². The largest absolute Gasteiger partial charge is 0.369 e. The van der Waals surface area contributed by atoms with Gasteiger partial charge in [-0.15, -0.1) is 0 Å². The fraction of sp³-hybridized carbons (Fsp3) is 0.222. The molecule has 1 unspecified atom stereocenters. The Hall–Kier alpha value is -1.71. The first-order valence-corrected chi connectivity index (χ1v) is 4.14.